The van der Waals surface area contributed by atoms with Crippen LogP contribution in [0.5, 0.6) is 5.75 Å². The topological polar surface area (TPSA) is 72.7 Å². The molecule has 0 atom stereocenters. The number of hydrogen-bond acceptors (Lipinski definition) is 4. The van der Waals surface area contributed by atoms with Gasteiger partial charge < -0.3 is 9.64 Å². The van der Waals surface area contributed by atoms with Crippen molar-refractivity contribution in [3.05, 3.63) is 27.8 Å². The third-order valence-corrected chi connectivity index (χ3v) is 3.29. The number of hydrogen-bond donors (Lipinski definition) is 0. The summed E-state index contributed by atoms with van der Waals surface area (Å²) in [6.45, 7) is 3.62. The van der Waals surface area contributed by atoms with E-state index in [1.165, 1.54) is 6.07 Å². The predicted octanol–water partition coefficient (Wildman–Crippen LogP) is 2.68. The molecular formula is C14H18N2O4. The highest BCUT2D eigenvalue weighted by Crippen LogP contribution is 2.37. The molecule has 0 saturated heterocycles. The molecule has 1 aliphatic rings. The van der Waals surface area contributed by atoms with Crippen LogP contribution in [-0.4, -0.2) is 24.0 Å². The highest BCUT2D eigenvalue weighted by Gasteiger charge is 2.25. The highest BCUT2D eigenvalue weighted by atomic mass is 16.6. The molecule has 1 heterocycles. The van der Waals surface area contributed by atoms with Gasteiger partial charge >= 0.3 is 5.69 Å². The van der Waals surface area contributed by atoms with Gasteiger partial charge in [-0.15, -0.1) is 0 Å². The zero-order chi connectivity index (χ0) is 14.9. The van der Waals surface area contributed by atoms with Crippen molar-refractivity contribution in [3.8, 4) is 5.75 Å². The van der Waals surface area contributed by atoms with Crippen molar-refractivity contribution in [1.82, 2.24) is 0 Å². The lowest BCUT2D eigenvalue weighted by atomic mass is 10.1. The van der Waals surface area contributed by atoms with E-state index in [0.29, 0.717) is 24.9 Å². The first-order valence-corrected chi connectivity index (χ1v) is 6.64. The Kier molecular flexibility index (Phi) is 3.92. The van der Waals surface area contributed by atoms with Crippen molar-refractivity contribution in [3.63, 3.8) is 0 Å². The predicted molar refractivity (Wildman–Crippen MR) is 75.2 cm³/mol. The van der Waals surface area contributed by atoms with Gasteiger partial charge in [0.15, 0.2) is 5.75 Å². The number of nitro benzene ring substituents is 1. The van der Waals surface area contributed by atoms with E-state index >= 15 is 0 Å². The van der Waals surface area contributed by atoms with Crippen molar-refractivity contribution in [1.29, 1.82) is 0 Å². The first kappa shape index (κ1) is 14.3. The molecule has 1 amide bonds. The third kappa shape index (κ3) is 2.74. The van der Waals surface area contributed by atoms with E-state index in [1.807, 2.05) is 13.8 Å². The van der Waals surface area contributed by atoms with E-state index in [0.717, 1.165) is 5.56 Å². The Morgan fingerprint density at radius 1 is 1.35 bits per heavy atom. The fourth-order valence-corrected chi connectivity index (χ4v) is 2.34. The minimum Gasteiger partial charge on any atom is -0.484 e. The monoisotopic (exact) mass is 278 g/mol. The molecule has 0 aliphatic carbocycles. The lowest BCUT2D eigenvalue weighted by Crippen LogP contribution is -2.25. The fourth-order valence-electron chi connectivity index (χ4n) is 2.34. The maximum atomic E-state index is 11.9. The molecule has 0 bridgehead atoms. The van der Waals surface area contributed by atoms with E-state index in [2.05, 4.69) is 0 Å². The van der Waals surface area contributed by atoms with Gasteiger partial charge in [0.1, 0.15) is 0 Å². The van der Waals surface area contributed by atoms with E-state index in [4.69, 9.17) is 4.74 Å². The number of benzene rings is 1. The van der Waals surface area contributed by atoms with Crippen LogP contribution in [0.1, 0.15) is 32.3 Å². The number of aryl methyl sites for hydroxylation is 1. The van der Waals surface area contributed by atoms with Crippen LogP contribution in [0.25, 0.3) is 0 Å². The normalized spacial score (nSPS) is 15.0. The molecule has 0 saturated carbocycles. The molecule has 1 aromatic carbocycles. The molecule has 0 N–H and O–H groups in total. The second kappa shape index (κ2) is 5.48. The Morgan fingerprint density at radius 3 is 2.65 bits per heavy atom. The molecular weight excluding hydrogens is 260 g/mol. The molecule has 0 spiro atoms. The molecule has 1 aromatic rings. The standard InChI is InChI=1S/C14H18N2O4/c1-9(2)20-13-8-11-10(7-12(13)16(18)19)5-4-6-14(17)15(11)3/h7-9H,4-6H2,1-3H3. The molecule has 0 aromatic heterocycles. The molecule has 6 nitrogen and oxygen atoms in total. The van der Waals surface area contributed by atoms with Crippen molar-refractivity contribution >= 4 is 17.3 Å². The Bertz CT molecular complexity index is 554. The van der Waals surface area contributed by atoms with E-state index in [1.54, 1.807) is 18.0 Å². The molecule has 6 heteroatoms. The average Bonchev–Trinajstić information content (AvgIpc) is 2.49. The second-order valence-electron chi connectivity index (χ2n) is 5.18. The lowest BCUT2D eigenvalue weighted by Gasteiger charge is -2.19. The first-order chi connectivity index (χ1) is 9.40. The summed E-state index contributed by atoms with van der Waals surface area (Å²) in [6, 6.07) is 3.14. The van der Waals surface area contributed by atoms with Crippen LogP contribution in [0.2, 0.25) is 0 Å². The summed E-state index contributed by atoms with van der Waals surface area (Å²) in [4.78, 5) is 24.2. The SMILES string of the molecule is CC(C)Oc1cc2c(cc1[N+](=O)[O-])CCCC(=O)N2C. The van der Waals surface area contributed by atoms with Crippen molar-refractivity contribution in [2.45, 2.75) is 39.2 Å². The minimum atomic E-state index is -0.440. The molecule has 108 valence electrons. The van der Waals surface area contributed by atoms with Gasteiger partial charge in [-0.25, -0.2) is 0 Å². The molecule has 0 unspecified atom stereocenters. The highest BCUT2D eigenvalue weighted by molar-refractivity contribution is 5.95. The largest absolute Gasteiger partial charge is 0.484 e. The number of fused-ring (bicyclic) bond motifs is 1. The zero-order valence-electron chi connectivity index (χ0n) is 11.9. The summed E-state index contributed by atoms with van der Waals surface area (Å²) >= 11 is 0. The van der Waals surface area contributed by atoms with Crippen LogP contribution < -0.4 is 9.64 Å². The summed E-state index contributed by atoms with van der Waals surface area (Å²) in [6.07, 6.45) is 1.66. The number of carbonyl (C=O) groups excluding carboxylic acids is 1. The molecule has 0 fully saturated rings. The Morgan fingerprint density at radius 2 is 2.05 bits per heavy atom. The van der Waals surface area contributed by atoms with Crippen LogP contribution in [0.15, 0.2) is 12.1 Å². The van der Waals surface area contributed by atoms with Crippen molar-refractivity contribution in [2.24, 2.45) is 0 Å². The lowest BCUT2D eigenvalue weighted by molar-refractivity contribution is -0.386. The smallest absolute Gasteiger partial charge is 0.311 e. The second-order valence-corrected chi connectivity index (χ2v) is 5.18. The summed E-state index contributed by atoms with van der Waals surface area (Å²) in [5.41, 5.74) is 1.48. The van der Waals surface area contributed by atoms with Gasteiger partial charge in [0.25, 0.3) is 0 Å². The van der Waals surface area contributed by atoms with Gasteiger partial charge in [-0.05, 0) is 32.3 Å². The van der Waals surface area contributed by atoms with Crippen LogP contribution in [0.4, 0.5) is 11.4 Å². The summed E-state index contributed by atoms with van der Waals surface area (Å²) < 4.78 is 5.52. The summed E-state index contributed by atoms with van der Waals surface area (Å²) in [5.74, 6) is 0.235. The molecule has 2 rings (SSSR count). The van der Waals surface area contributed by atoms with Gasteiger partial charge in [0.2, 0.25) is 5.91 Å². The maximum Gasteiger partial charge on any atom is 0.311 e. The average molecular weight is 278 g/mol. The van der Waals surface area contributed by atoms with Crippen LogP contribution in [0.3, 0.4) is 0 Å². The van der Waals surface area contributed by atoms with Crippen LogP contribution >= 0.6 is 0 Å². The van der Waals surface area contributed by atoms with Gasteiger partial charge in [0.05, 0.1) is 16.7 Å². The number of nitro groups is 1. The van der Waals surface area contributed by atoms with Crippen molar-refractivity contribution in [2.75, 3.05) is 11.9 Å². The van der Waals surface area contributed by atoms with Crippen LogP contribution in [0, 0.1) is 10.1 Å². The number of rotatable bonds is 3. The number of carbonyl (C=O) groups is 1. The third-order valence-electron chi connectivity index (χ3n) is 3.29. The van der Waals surface area contributed by atoms with E-state index in [-0.39, 0.29) is 23.4 Å². The van der Waals surface area contributed by atoms with Gasteiger partial charge in [-0.3, -0.25) is 14.9 Å². The van der Waals surface area contributed by atoms with Crippen LogP contribution in [-0.2, 0) is 11.2 Å². The summed E-state index contributed by atoms with van der Waals surface area (Å²) in [5, 5.41) is 11.2. The Hall–Kier alpha value is -2.11. The Balaban J connectivity index is 2.55. The first-order valence-electron chi connectivity index (χ1n) is 6.64. The van der Waals surface area contributed by atoms with E-state index < -0.39 is 4.92 Å². The van der Waals surface area contributed by atoms with Gasteiger partial charge in [-0.1, -0.05) is 0 Å². The van der Waals surface area contributed by atoms with Gasteiger partial charge in [-0.2, -0.15) is 0 Å². The zero-order valence-corrected chi connectivity index (χ0v) is 11.9. The number of nitrogens with zero attached hydrogens (tertiary/aromatic N) is 2. The number of ether oxygens (including phenoxy) is 1. The Labute approximate surface area is 117 Å². The minimum absolute atomic E-state index is 0.0214. The molecule has 20 heavy (non-hydrogen) atoms. The van der Waals surface area contributed by atoms with Crippen molar-refractivity contribution < 1.29 is 14.5 Å². The molecule has 0 radical (unpaired) electrons. The van der Waals surface area contributed by atoms with Gasteiger partial charge in [0, 0.05) is 25.6 Å². The van der Waals surface area contributed by atoms with E-state index in [9.17, 15) is 14.9 Å². The summed E-state index contributed by atoms with van der Waals surface area (Å²) in [7, 11) is 1.69. The molecule has 1 aliphatic heterocycles. The number of amides is 1. The maximum absolute atomic E-state index is 11.9. The quantitative estimate of drug-likeness (QED) is 0.629. The number of anilines is 1. The fraction of sp³-hybridized carbons (Fsp3) is 0.500.